The highest BCUT2D eigenvalue weighted by molar-refractivity contribution is 7.91. The molecule has 2 unspecified atom stereocenters. The third-order valence-electron chi connectivity index (χ3n) is 3.60. The average Bonchev–Trinajstić information content (AvgIpc) is 2.37. The van der Waals surface area contributed by atoms with Gasteiger partial charge in [0.2, 0.25) is 0 Å². The second-order valence-electron chi connectivity index (χ2n) is 5.06. The average molecular weight is 277 g/mol. The van der Waals surface area contributed by atoms with Crippen LogP contribution in [0.4, 0.5) is 0 Å². The van der Waals surface area contributed by atoms with Gasteiger partial charge in [-0.2, -0.15) is 0 Å². The molecule has 0 aromatic rings. The summed E-state index contributed by atoms with van der Waals surface area (Å²) < 4.78 is 28.4. The van der Waals surface area contributed by atoms with Gasteiger partial charge in [0.1, 0.15) is 9.84 Å². The monoisotopic (exact) mass is 277 g/mol. The smallest absolute Gasteiger partial charge is 0.150 e. The molecule has 1 fully saturated rings. The van der Waals surface area contributed by atoms with E-state index in [2.05, 4.69) is 12.2 Å². The molecule has 1 aliphatic rings. The van der Waals surface area contributed by atoms with Gasteiger partial charge in [0, 0.05) is 18.4 Å². The molecule has 108 valence electrons. The van der Waals surface area contributed by atoms with Crippen LogP contribution in [-0.2, 0) is 14.6 Å². The Morgan fingerprint density at radius 3 is 2.78 bits per heavy atom. The summed E-state index contributed by atoms with van der Waals surface area (Å²) in [5.41, 5.74) is 0. The van der Waals surface area contributed by atoms with Gasteiger partial charge in [0.05, 0.1) is 12.4 Å². The molecule has 0 amide bonds. The molecule has 1 saturated heterocycles. The summed E-state index contributed by atoms with van der Waals surface area (Å²) in [5, 5.41) is 3.55. The van der Waals surface area contributed by atoms with Crippen molar-refractivity contribution in [1.29, 1.82) is 0 Å². The first kappa shape index (κ1) is 15.9. The summed E-state index contributed by atoms with van der Waals surface area (Å²) in [5.74, 6) is 1.05. The van der Waals surface area contributed by atoms with Crippen LogP contribution in [0, 0.1) is 5.92 Å². The van der Waals surface area contributed by atoms with Crippen LogP contribution in [0.5, 0.6) is 0 Å². The lowest BCUT2D eigenvalue weighted by Gasteiger charge is -2.32. The van der Waals surface area contributed by atoms with Crippen molar-refractivity contribution in [3.05, 3.63) is 0 Å². The van der Waals surface area contributed by atoms with Crippen molar-refractivity contribution in [3.8, 4) is 0 Å². The van der Waals surface area contributed by atoms with Crippen LogP contribution in [0.3, 0.4) is 0 Å². The zero-order valence-electron chi connectivity index (χ0n) is 11.7. The van der Waals surface area contributed by atoms with E-state index >= 15 is 0 Å². The Labute approximate surface area is 111 Å². The Bertz CT molecular complexity index is 316. The summed E-state index contributed by atoms with van der Waals surface area (Å²) in [6.07, 6.45) is 3.88. The van der Waals surface area contributed by atoms with E-state index in [0.29, 0.717) is 17.7 Å². The molecule has 0 spiro atoms. The van der Waals surface area contributed by atoms with Gasteiger partial charge in [-0.25, -0.2) is 8.42 Å². The Morgan fingerprint density at radius 1 is 1.33 bits per heavy atom. The zero-order chi connectivity index (χ0) is 13.4. The standard InChI is InChI=1S/C13H27NO3S/c1-3-8-14-13-7-9-17-11-12(13)6-5-10-18(15,16)4-2/h12-14H,3-11H2,1-2H3. The summed E-state index contributed by atoms with van der Waals surface area (Å²) >= 11 is 0. The molecule has 0 aromatic heterocycles. The minimum absolute atomic E-state index is 0.256. The minimum Gasteiger partial charge on any atom is -0.381 e. The quantitative estimate of drug-likeness (QED) is 0.732. The topological polar surface area (TPSA) is 55.4 Å². The molecule has 5 heteroatoms. The number of hydrogen-bond acceptors (Lipinski definition) is 4. The van der Waals surface area contributed by atoms with E-state index in [9.17, 15) is 8.42 Å². The molecule has 4 nitrogen and oxygen atoms in total. The second-order valence-corrected chi connectivity index (χ2v) is 7.54. The van der Waals surface area contributed by atoms with Crippen LogP contribution in [0.15, 0.2) is 0 Å². The summed E-state index contributed by atoms with van der Waals surface area (Å²) in [7, 11) is -2.82. The van der Waals surface area contributed by atoms with E-state index in [4.69, 9.17) is 4.74 Å². The fraction of sp³-hybridized carbons (Fsp3) is 1.00. The van der Waals surface area contributed by atoms with Crippen LogP contribution in [0.1, 0.15) is 39.5 Å². The number of nitrogens with one attached hydrogen (secondary N) is 1. The van der Waals surface area contributed by atoms with Crippen LogP contribution in [0.2, 0.25) is 0 Å². The van der Waals surface area contributed by atoms with Gasteiger partial charge in [0.15, 0.2) is 0 Å². The van der Waals surface area contributed by atoms with Gasteiger partial charge in [-0.05, 0) is 38.1 Å². The third-order valence-corrected chi connectivity index (χ3v) is 5.39. The maximum Gasteiger partial charge on any atom is 0.150 e. The van der Waals surface area contributed by atoms with E-state index in [1.165, 1.54) is 0 Å². The van der Waals surface area contributed by atoms with E-state index in [0.717, 1.165) is 45.4 Å². The highest BCUT2D eigenvalue weighted by atomic mass is 32.2. The molecule has 0 bridgehead atoms. The van der Waals surface area contributed by atoms with Gasteiger partial charge >= 0.3 is 0 Å². The molecular weight excluding hydrogens is 250 g/mol. The van der Waals surface area contributed by atoms with E-state index in [1.54, 1.807) is 6.92 Å². The van der Waals surface area contributed by atoms with Crippen molar-refractivity contribution in [2.24, 2.45) is 5.92 Å². The molecule has 18 heavy (non-hydrogen) atoms. The number of hydrogen-bond donors (Lipinski definition) is 1. The largest absolute Gasteiger partial charge is 0.381 e. The zero-order valence-corrected chi connectivity index (χ0v) is 12.5. The van der Waals surface area contributed by atoms with Crippen molar-refractivity contribution in [1.82, 2.24) is 5.32 Å². The van der Waals surface area contributed by atoms with Gasteiger partial charge < -0.3 is 10.1 Å². The first-order valence-electron chi connectivity index (χ1n) is 7.10. The van der Waals surface area contributed by atoms with Crippen LogP contribution >= 0.6 is 0 Å². The molecule has 1 N–H and O–H groups in total. The first-order chi connectivity index (χ1) is 8.59. The van der Waals surface area contributed by atoms with Gasteiger partial charge in [-0.1, -0.05) is 13.8 Å². The van der Waals surface area contributed by atoms with Crippen LogP contribution < -0.4 is 5.32 Å². The lowest BCUT2D eigenvalue weighted by molar-refractivity contribution is 0.0286. The molecule has 1 rings (SSSR count). The van der Waals surface area contributed by atoms with Crippen molar-refractivity contribution in [3.63, 3.8) is 0 Å². The highest BCUT2D eigenvalue weighted by Gasteiger charge is 2.25. The molecule has 1 heterocycles. The van der Waals surface area contributed by atoms with Crippen LogP contribution in [0.25, 0.3) is 0 Å². The molecule has 0 aliphatic carbocycles. The highest BCUT2D eigenvalue weighted by Crippen LogP contribution is 2.20. The minimum atomic E-state index is -2.82. The lowest BCUT2D eigenvalue weighted by atomic mass is 9.91. The van der Waals surface area contributed by atoms with Crippen LogP contribution in [-0.4, -0.2) is 45.7 Å². The fourth-order valence-corrected chi connectivity index (χ4v) is 3.28. The molecule has 0 radical (unpaired) electrons. The second kappa shape index (κ2) is 8.12. The molecular formula is C13H27NO3S. The molecule has 2 atom stereocenters. The first-order valence-corrected chi connectivity index (χ1v) is 8.92. The van der Waals surface area contributed by atoms with Crippen molar-refractivity contribution < 1.29 is 13.2 Å². The molecule has 0 saturated carbocycles. The maximum atomic E-state index is 11.4. The molecule has 0 aromatic carbocycles. The van der Waals surface area contributed by atoms with Crippen molar-refractivity contribution in [2.45, 2.75) is 45.6 Å². The van der Waals surface area contributed by atoms with Gasteiger partial charge in [-0.3, -0.25) is 0 Å². The Morgan fingerprint density at radius 2 is 2.11 bits per heavy atom. The maximum absolute atomic E-state index is 11.4. The number of sulfone groups is 1. The predicted octanol–water partition coefficient (Wildman–Crippen LogP) is 1.61. The summed E-state index contributed by atoms with van der Waals surface area (Å²) in [6, 6.07) is 0.503. The normalized spacial score (nSPS) is 25.2. The van der Waals surface area contributed by atoms with E-state index in [1.807, 2.05) is 0 Å². The van der Waals surface area contributed by atoms with Gasteiger partial charge in [0.25, 0.3) is 0 Å². The fourth-order valence-electron chi connectivity index (χ4n) is 2.39. The summed E-state index contributed by atoms with van der Waals surface area (Å²) in [6.45, 7) is 6.51. The van der Waals surface area contributed by atoms with Crippen molar-refractivity contribution >= 4 is 9.84 Å². The van der Waals surface area contributed by atoms with Crippen molar-refractivity contribution in [2.75, 3.05) is 31.3 Å². The predicted molar refractivity (Wildman–Crippen MR) is 74.6 cm³/mol. The Balaban J connectivity index is 2.33. The SMILES string of the molecule is CCCNC1CCOCC1CCCS(=O)(=O)CC. The number of rotatable bonds is 8. The molecule has 1 aliphatic heterocycles. The number of ether oxygens (including phenoxy) is 1. The lowest BCUT2D eigenvalue weighted by Crippen LogP contribution is -2.43. The van der Waals surface area contributed by atoms with E-state index < -0.39 is 9.84 Å². The summed E-state index contributed by atoms with van der Waals surface area (Å²) in [4.78, 5) is 0. The van der Waals surface area contributed by atoms with Gasteiger partial charge in [-0.15, -0.1) is 0 Å². The Hall–Kier alpha value is -0.130. The third kappa shape index (κ3) is 5.67. The van der Waals surface area contributed by atoms with E-state index in [-0.39, 0.29) is 5.75 Å². The Kier molecular flexibility index (Phi) is 7.19.